The largest absolute Gasteiger partial charge is 0.367 e. The monoisotopic (exact) mass is 239 g/mol. The summed E-state index contributed by atoms with van der Waals surface area (Å²) in [5.41, 5.74) is 0.708. The van der Waals surface area contributed by atoms with Crippen LogP contribution in [-0.2, 0) is 10.8 Å². The van der Waals surface area contributed by atoms with Gasteiger partial charge in [0.2, 0.25) is 5.65 Å². The van der Waals surface area contributed by atoms with E-state index in [1.165, 1.54) is 0 Å². The second kappa shape index (κ2) is 5.02. The predicted octanol–water partition coefficient (Wildman–Crippen LogP) is 0.305. The van der Waals surface area contributed by atoms with Gasteiger partial charge in [-0.2, -0.15) is 0 Å². The van der Waals surface area contributed by atoms with Gasteiger partial charge in [-0.25, -0.2) is 4.98 Å². The van der Waals surface area contributed by atoms with Crippen LogP contribution in [0.2, 0.25) is 0 Å². The van der Waals surface area contributed by atoms with E-state index in [0.717, 1.165) is 13.0 Å². The maximum absolute atomic E-state index is 10.9. The topological polar surface area (TPSA) is 72.2 Å². The summed E-state index contributed by atoms with van der Waals surface area (Å²) in [6, 6.07) is 0. The molecule has 0 fully saturated rings. The van der Waals surface area contributed by atoms with Gasteiger partial charge in [0.15, 0.2) is 5.82 Å². The van der Waals surface area contributed by atoms with Crippen LogP contribution in [0.1, 0.15) is 6.42 Å². The first-order chi connectivity index (χ1) is 7.77. The maximum atomic E-state index is 10.9. The molecule has 0 aromatic carbocycles. The Morgan fingerprint density at radius 3 is 3.25 bits per heavy atom. The van der Waals surface area contributed by atoms with Crippen molar-refractivity contribution in [2.24, 2.45) is 0 Å². The molecule has 0 saturated carbocycles. The lowest BCUT2D eigenvalue weighted by Gasteiger charge is -2.04. The van der Waals surface area contributed by atoms with Gasteiger partial charge >= 0.3 is 0 Å². The molecule has 2 aromatic rings. The molecule has 0 bridgehead atoms. The van der Waals surface area contributed by atoms with Crippen LogP contribution in [-0.4, -0.2) is 42.3 Å². The van der Waals surface area contributed by atoms with Crippen LogP contribution in [0.25, 0.3) is 5.65 Å². The molecule has 7 heteroatoms. The second-order valence-electron chi connectivity index (χ2n) is 3.40. The Kier molecular flexibility index (Phi) is 3.45. The van der Waals surface area contributed by atoms with Gasteiger partial charge in [0, 0.05) is 41.7 Å². The van der Waals surface area contributed by atoms with E-state index < -0.39 is 10.8 Å². The molecule has 0 aliphatic heterocycles. The van der Waals surface area contributed by atoms with E-state index >= 15 is 0 Å². The minimum absolute atomic E-state index is 0.697. The summed E-state index contributed by atoms with van der Waals surface area (Å²) < 4.78 is 12.7. The highest BCUT2D eigenvalue weighted by Crippen LogP contribution is 2.09. The van der Waals surface area contributed by atoms with Crippen molar-refractivity contribution in [3.63, 3.8) is 0 Å². The molecule has 0 radical (unpaired) electrons. The number of fused-ring (bicyclic) bond motifs is 1. The lowest BCUT2D eigenvalue weighted by molar-refractivity contribution is 0.685. The first-order valence-corrected chi connectivity index (χ1v) is 6.68. The van der Waals surface area contributed by atoms with Gasteiger partial charge in [0.1, 0.15) is 6.33 Å². The number of anilines is 1. The highest BCUT2D eigenvalue weighted by atomic mass is 32.2. The molecule has 0 saturated heterocycles. The molecule has 0 spiro atoms. The van der Waals surface area contributed by atoms with E-state index in [1.54, 1.807) is 29.4 Å². The fourth-order valence-electron chi connectivity index (χ4n) is 1.37. The smallest absolute Gasteiger partial charge is 0.203 e. The van der Waals surface area contributed by atoms with Crippen LogP contribution in [0.15, 0.2) is 18.7 Å². The van der Waals surface area contributed by atoms with Gasteiger partial charge in [0.05, 0.1) is 0 Å². The fourth-order valence-corrected chi connectivity index (χ4v) is 1.92. The molecular weight excluding hydrogens is 226 g/mol. The molecule has 2 heterocycles. The molecule has 1 unspecified atom stereocenters. The molecule has 0 amide bonds. The van der Waals surface area contributed by atoms with Crippen LogP contribution >= 0.6 is 0 Å². The van der Waals surface area contributed by atoms with Gasteiger partial charge in [-0.15, -0.1) is 10.2 Å². The molecule has 6 nitrogen and oxygen atoms in total. The zero-order valence-corrected chi connectivity index (χ0v) is 9.78. The predicted molar refractivity (Wildman–Crippen MR) is 62.8 cm³/mol. The Balaban J connectivity index is 1.98. The van der Waals surface area contributed by atoms with Crippen molar-refractivity contribution in [1.82, 2.24) is 19.6 Å². The number of hydrogen-bond donors (Lipinski definition) is 1. The number of hydrogen-bond acceptors (Lipinski definition) is 5. The lowest BCUT2D eigenvalue weighted by atomic mass is 10.4. The van der Waals surface area contributed by atoms with E-state index in [2.05, 4.69) is 20.5 Å². The minimum atomic E-state index is -0.736. The molecule has 0 aliphatic rings. The molecule has 86 valence electrons. The molecular formula is C9H13N5OS. The third-order valence-corrected chi connectivity index (χ3v) is 2.98. The third-order valence-electron chi connectivity index (χ3n) is 2.12. The van der Waals surface area contributed by atoms with Crippen LogP contribution in [0.4, 0.5) is 5.82 Å². The van der Waals surface area contributed by atoms with Crippen molar-refractivity contribution >= 4 is 22.3 Å². The lowest BCUT2D eigenvalue weighted by Crippen LogP contribution is -2.08. The molecule has 16 heavy (non-hydrogen) atoms. The number of aromatic nitrogens is 4. The Bertz CT molecular complexity index is 497. The highest BCUT2D eigenvalue weighted by Gasteiger charge is 2.03. The highest BCUT2D eigenvalue weighted by molar-refractivity contribution is 7.84. The van der Waals surface area contributed by atoms with E-state index in [9.17, 15) is 4.21 Å². The average molecular weight is 239 g/mol. The first-order valence-electron chi connectivity index (χ1n) is 4.95. The number of nitrogens with zero attached hydrogens (tertiary/aromatic N) is 4. The van der Waals surface area contributed by atoms with Gasteiger partial charge in [-0.05, 0) is 6.42 Å². The SMILES string of the molecule is CS(=O)CCCNc1nccn2cnnc12. The van der Waals surface area contributed by atoms with Gasteiger partial charge in [0.25, 0.3) is 0 Å². The van der Waals surface area contributed by atoms with Crippen molar-refractivity contribution in [3.05, 3.63) is 18.7 Å². The summed E-state index contributed by atoms with van der Waals surface area (Å²) in [7, 11) is -0.736. The summed E-state index contributed by atoms with van der Waals surface area (Å²) in [4.78, 5) is 4.19. The zero-order chi connectivity index (χ0) is 11.4. The Hall–Kier alpha value is -1.50. The second-order valence-corrected chi connectivity index (χ2v) is 4.95. The fraction of sp³-hybridized carbons (Fsp3) is 0.444. The van der Waals surface area contributed by atoms with Crippen molar-refractivity contribution in [1.29, 1.82) is 0 Å². The number of rotatable bonds is 5. The van der Waals surface area contributed by atoms with Crippen LogP contribution < -0.4 is 5.32 Å². The molecule has 1 atom stereocenters. The summed E-state index contributed by atoms with van der Waals surface area (Å²) in [6.07, 6.45) is 7.67. The van der Waals surface area contributed by atoms with E-state index in [1.807, 2.05) is 0 Å². The van der Waals surface area contributed by atoms with Gasteiger partial charge in [-0.3, -0.25) is 8.61 Å². The normalized spacial score (nSPS) is 12.8. The summed E-state index contributed by atoms with van der Waals surface area (Å²) in [5.74, 6) is 1.41. The average Bonchev–Trinajstić information content (AvgIpc) is 2.72. The third kappa shape index (κ3) is 2.54. The van der Waals surface area contributed by atoms with E-state index in [-0.39, 0.29) is 0 Å². The van der Waals surface area contributed by atoms with Crippen molar-refractivity contribution < 1.29 is 4.21 Å². The summed E-state index contributed by atoms with van der Waals surface area (Å²) in [5, 5.41) is 10.9. The van der Waals surface area contributed by atoms with Crippen LogP contribution in [0, 0.1) is 0 Å². The summed E-state index contributed by atoms with van der Waals surface area (Å²) >= 11 is 0. The van der Waals surface area contributed by atoms with Gasteiger partial charge < -0.3 is 5.32 Å². The van der Waals surface area contributed by atoms with E-state index in [0.29, 0.717) is 17.2 Å². The molecule has 1 N–H and O–H groups in total. The molecule has 0 aliphatic carbocycles. The van der Waals surface area contributed by atoms with Crippen molar-refractivity contribution in [2.75, 3.05) is 23.9 Å². The molecule has 2 aromatic heterocycles. The quantitative estimate of drug-likeness (QED) is 0.760. The Labute approximate surface area is 95.6 Å². The van der Waals surface area contributed by atoms with Crippen LogP contribution in [0.3, 0.4) is 0 Å². The molecule has 2 rings (SSSR count). The van der Waals surface area contributed by atoms with Crippen molar-refractivity contribution in [2.45, 2.75) is 6.42 Å². The summed E-state index contributed by atoms with van der Waals surface area (Å²) in [6.45, 7) is 0.735. The Morgan fingerprint density at radius 1 is 1.56 bits per heavy atom. The Morgan fingerprint density at radius 2 is 2.44 bits per heavy atom. The first kappa shape index (κ1) is 11.0. The zero-order valence-electron chi connectivity index (χ0n) is 8.96. The van der Waals surface area contributed by atoms with E-state index in [4.69, 9.17) is 0 Å². The number of nitrogens with one attached hydrogen (secondary N) is 1. The maximum Gasteiger partial charge on any atom is 0.203 e. The van der Waals surface area contributed by atoms with Crippen LogP contribution in [0.5, 0.6) is 0 Å². The minimum Gasteiger partial charge on any atom is -0.367 e. The van der Waals surface area contributed by atoms with Crippen molar-refractivity contribution in [3.8, 4) is 0 Å². The standard InChI is InChI=1S/C9H13N5OS/c1-16(15)6-2-3-10-8-9-13-12-7-14(9)5-4-11-8/h4-5,7H,2-3,6H2,1H3,(H,10,11). The van der Waals surface area contributed by atoms with Gasteiger partial charge in [-0.1, -0.05) is 0 Å².